The van der Waals surface area contributed by atoms with E-state index in [1.165, 1.54) is 36.4 Å². The van der Waals surface area contributed by atoms with E-state index >= 15 is 0 Å². The lowest BCUT2D eigenvalue weighted by Gasteiger charge is -2.38. The largest absolute Gasteiger partial charge is 0.368 e. The molecule has 2 aliphatic heterocycles. The molecule has 156 valence electrons. The summed E-state index contributed by atoms with van der Waals surface area (Å²) in [5, 5.41) is 5.41. The summed E-state index contributed by atoms with van der Waals surface area (Å²) >= 11 is 0. The first kappa shape index (κ1) is 19.8. The molecule has 1 atom stereocenters. The zero-order valence-corrected chi connectivity index (χ0v) is 16.1. The summed E-state index contributed by atoms with van der Waals surface area (Å²) in [6, 6.07) is 10.9. The number of piperazine rings is 1. The molecule has 30 heavy (non-hydrogen) atoms. The van der Waals surface area contributed by atoms with Gasteiger partial charge in [-0.3, -0.25) is 14.9 Å². The van der Waals surface area contributed by atoms with E-state index in [9.17, 15) is 18.4 Å². The van der Waals surface area contributed by atoms with Crippen molar-refractivity contribution in [3.05, 3.63) is 60.2 Å². The lowest BCUT2D eigenvalue weighted by molar-refractivity contribution is -0.125. The fourth-order valence-electron chi connectivity index (χ4n) is 3.48. The van der Waals surface area contributed by atoms with Crippen LogP contribution in [0.1, 0.15) is 6.42 Å². The van der Waals surface area contributed by atoms with Gasteiger partial charge in [0.2, 0.25) is 17.8 Å². The van der Waals surface area contributed by atoms with Gasteiger partial charge in [-0.25, -0.2) is 13.8 Å². The summed E-state index contributed by atoms with van der Waals surface area (Å²) in [5.41, 5.74) is 1.37. The van der Waals surface area contributed by atoms with Crippen molar-refractivity contribution in [2.45, 2.75) is 12.5 Å². The molecule has 2 aliphatic rings. The zero-order chi connectivity index (χ0) is 21.1. The van der Waals surface area contributed by atoms with Crippen LogP contribution in [-0.4, -0.2) is 54.9 Å². The predicted octanol–water partition coefficient (Wildman–Crippen LogP) is 1.97. The number of carbonyl (C=O) groups is 2. The summed E-state index contributed by atoms with van der Waals surface area (Å²) in [7, 11) is 0. The average Bonchev–Trinajstić information content (AvgIpc) is 2.75. The second kappa shape index (κ2) is 8.48. The zero-order valence-electron chi connectivity index (χ0n) is 16.1. The highest BCUT2D eigenvalue weighted by atomic mass is 19.1. The van der Waals surface area contributed by atoms with Gasteiger partial charge in [0.15, 0.2) is 0 Å². The van der Waals surface area contributed by atoms with E-state index in [1.54, 1.807) is 12.1 Å². The van der Waals surface area contributed by atoms with Crippen molar-refractivity contribution >= 4 is 29.1 Å². The van der Waals surface area contributed by atoms with Gasteiger partial charge in [-0.15, -0.1) is 0 Å². The van der Waals surface area contributed by atoms with E-state index < -0.39 is 17.8 Å². The number of anilines is 2. The maximum absolute atomic E-state index is 13.1. The maximum Gasteiger partial charge on any atom is 0.249 e. The molecule has 0 spiro atoms. The maximum atomic E-state index is 13.1. The molecule has 0 aromatic heterocycles. The second-order valence-electron chi connectivity index (χ2n) is 7.17. The van der Waals surface area contributed by atoms with E-state index in [1.807, 2.05) is 4.90 Å². The molecule has 2 heterocycles. The molecular formula is C21H21F2N5O2. The first-order valence-corrected chi connectivity index (χ1v) is 9.67. The molecule has 9 heteroatoms. The molecule has 1 saturated heterocycles. The van der Waals surface area contributed by atoms with Crippen LogP contribution in [0.3, 0.4) is 0 Å². The number of carbonyl (C=O) groups excluding carboxylic acids is 2. The van der Waals surface area contributed by atoms with E-state index in [0.29, 0.717) is 37.8 Å². The smallest absolute Gasteiger partial charge is 0.249 e. The van der Waals surface area contributed by atoms with Crippen LogP contribution in [0.2, 0.25) is 0 Å². The first-order chi connectivity index (χ1) is 14.5. The van der Waals surface area contributed by atoms with Crippen LogP contribution in [0.4, 0.5) is 20.2 Å². The number of halogens is 2. The number of amides is 2. The first-order valence-electron chi connectivity index (χ1n) is 9.67. The highest BCUT2D eigenvalue weighted by molar-refractivity contribution is 6.06. The minimum atomic E-state index is -0.853. The molecule has 2 amide bonds. The molecule has 2 N–H and O–H groups in total. The van der Waals surface area contributed by atoms with Crippen molar-refractivity contribution in [3.63, 3.8) is 0 Å². The van der Waals surface area contributed by atoms with Gasteiger partial charge in [0.25, 0.3) is 0 Å². The van der Waals surface area contributed by atoms with Crippen LogP contribution < -0.4 is 15.5 Å². The Morgan fingerprint density at radius 3 is 2.13 bits per heavy atom. The quantitative estimate of drug-likeness (QED) is 0.807. The Bertz CT molecular complexity index is 954. The fraction of sp³-hybridized carbons (Fsp3) is 0.286. The van der Waals surface area contributed by atoms with Gasteiger partial charge in [0, 0.05) is 37.6 Å². The van der Waals surface area contributed by atoms with Crippen LogP contribution in [0, 0.1) is 11.6 Å². The molecule has 2 aromatic rings. The Hall–Kier alpha value is -3.49. The Morgan fingerprint density at radius 2 is 1.50 bits per heavy atom. The molecule has 0 bridgehead atoms. The molecule has 4 rings (SSSR count). The standard InChI is InChI=1S/C21H21F2N5O2/c22-14-1-5-16(6-2-14)24-20(30)18-13-19(29)26-21(25-18)28-11-9-27(10-12-28)17-7-3-15(23)4-8-17/h1-8,18H,9-13H2,(H,24,30)(H,25,26,29). The van der Waals surface area contributed by atoms with Gasteiger partial charge in [0.1, 0.15) is 17.7 Å². The number of aliphatic imine (C=N–C) groups is 1. The van der Waals surface area contributed by atoms with Crippen LogP contribution in [0.15, 0.2) is 53.5 Å². The molecular weight excluding hydrogens is 392 g/mol. The summed E-state index contributed by atoms with van der Waals surface area (Å²) in [6.45, 7) is 2.55. The van der Waals surface area contributed by atoms with Crippen molar-refractivity contribution in [2.75, 3.05) is 36.4 Å². The highest BCUT2D eigenvalue weighted by Gasteiger charge is 2.30. The lowest BCUT2D eigenvalue weighted by atomic mass is 10.1. The summed E-state index contributed by atoms with van der Waals surface area (Å²) in [4.78, 5) is 33.2. The number of benzene rings is 2. The number of hydrogen-bond donors (Lipinski definition) is 2. The third-order valence-electron chi connectivity index (χ3n) is 5.09. The summed E-state index contributed by atoms with van der Waals surface area (Å²) < 4.78 is 26.1. The molecule has 0 saturated carbocycles. The lowest BCUT2D eigenvalue weighted by Crippen LogP contribution is -2.56. The van der Waals surface area contributed by atoms with Crippen molar-refractivity contribution in [1.29, 1.82) is 0 Å². The fourth-order valence-corrected chi connectivity index (χ4v) is 3.48. The summed E-state index contributed by atoms with van der Waals surface area (Å²) in [5.74, 6) is -0.991. The SMILES string of the molecule is O=C1CC(C(=O)Nc2ccc(F)cc2)N=C(N2CCN(c3ccc(F)cc3)CC2)N1. The van der Waals surface area contributed by atoms with Crippen molar-refractivity contribution in [1.82, 2.24) is 10.2 Å². The Labute approximate surface area is 172 Å². The Balaban J connectivity index is 1.40. The minimum Gasteiger partial charge on any atom is -0.368 e. The number of rotatable bonds is 3. The van der Waals surface area contributed by atoms with E-state index in [0.717, 1.165) is 5.69 Å². The summed E-state index contributed by atoms with van der Waals surface area (Å²) in [6.07, 6.45) is -0.0495. The molecule has 0 radical (unpaired) electrons. The van der Waals surface area contributed by atoms with Gasteiger partial charge in [0.05, 0.1) is 6.42 Å². The van der Waals surface area contributed by atoms with Gasteiger partial charge < -0.3 is 15.1 Å². The molecule has 0 aliphatic carbocycles. The van der Waals surface area contributed by atoms with Crippen molar-refractivity contribution in [2.24, 2.45) is 4.99 Å². The van der Waals surface area contributed by atoms with Gasteiger partial charge >= 0.3 is 0 Å². The molecule has 7 nitrogen and oxygen atoms in total. The minimum absolute atomic E-state index is 0.0495. The number of guanidine groups is 1. The van der Waals surface area contributed by atoms with Gasteiger partial charge in [-0.05, 0) is 48.5 Å². The molecule has 2 aromatic carbocycles. The van der Waals surface area contributed by atoms with E-state index in [2.05, 4.69) is 20.5 Å². The van der Waals surface area contributed by atoms with Crippen LogP contribution in [-0.2, 0) is 9.59 Å². The van der Waals surface area contributed by atoms with E-state index in [4.69, 9.17) is 0 Å². The van der Waals surface area contributed by atoms with Crippen LogP contribution in [0.25, 0.3) is 0 Å². The average molecular weight is 413 g/mol. The number of nitrogens with one attached hydrogen (secondary N) is 2. The Morgan fingerprint density at radius 1 is 0.933 bits per heavy atom. The van der Waals surface area contributed by atoms with Gasteiger partial charge in [-0.1, -0.05) is 0 Å². The highest BCUT2D eigenvalue weighted by Crippen LogP contribution is 2.18. The normalized spacial score (nSPS) is 19.2. The van der Waals surface area contributed by atoms with Crippen LogP contribution in [0.5, 0.6) is 0 Å². The van der Waals surface area contributed by atoms with Gasteiger partial charge in [-0.2, -0.15) is 0 Å². The van der Waals surface area contributed by atoms with Crippen LogP contribution >= 0.6 is 0 Å². The Kier molecular flexibility index (Phi) is 5.60. The predicted molar refractivity (Wildman–Crippen MR) is 109 cm³/mol. The second-order valence-corrected chi connectivity index (χ2v) is 7.17. The number of nitrogens with zero attached hydrogens (tertiary/aromatic N) is 3. The molecule has 1 fully saturated rings. The van der Waals surface area contributed by atoms with Crippen molar-refractivity contribution in [3.8, 4) is 0 Å². The van der Waals surface area contributed by atoms with Crippen molar-refractivity contribution < 1.29 is 18.4 Å². The third-order valence-corrected chi connectivity index (χ3v) is 5.09. The monoisotopic (exact) mass is 413 g/mol. The van der Waals surface area contributed by atoms with E-state index in [-0.39, 0.29) is 18.1 Å². The topological polar surface area (TPSA) is 77.0 Å². The number of hydrogen-bond acceptors (Lipinski definition) is 5. The third kappa shape index (κ3) is 4.56. The molecule has 1 unspecified atom stereocenters.